The normalized spacial score (nSPS) is 16.6. The number of amides is 9. The highest BCUT2D eigenvalue weighted by Crippen LogP contribution is 2.29. The lowest BCUT2D eigenvalue weighted by atomic mass is 9.98. The largest absolute Gasteiger partial charge is 0.343 e. The minimum Gasteiger partial charge on any atom is -0.343 e. The molecule has 0 aliphatic carbocycles. The van der Waals surface area contributed by atoms with Crippen LogP contribution in [-0.2, 0) is 14.4 Å². The lowest BCUT2D eigenvalue weighted by molar-refractivity contribution is -0.130. The number of carbonyl (C=O) groups excluding carboxylic acids is 6. The average Bonchev–Trinajstić information content (AvgIpc) is 3.96. The molecule has 9 amide bonds. The molecule has 0 aromatic heterocycles. The fourth-order valence-electron chi connectivity index (χ4n) is 7.54. The topological polar surface area (TPSA) is 176 Å². The van der Waals surface area contributed by atoms with Crippen LogP contribution >= 0.6 is 0 Å². The lowest BCUT2D eigenvalue weighted by Crippen LogP contribution is -2.56. The molecule has 3 unspecified atom stereocenters. The summed E-state index contributed by atoms with van der Waals surface area (Å²) in [6.07, 6.45) is 3.57. The zero-order valence-electron chi connectivity index (χ0n) is 34.6. The molecule has 0 bridgehead atoms. The van der Waals surface area contributed by atoms with Gasteiger partial charge in [-0.25, -0.2) is 14.4 Å². The van der Waals surface area contributed by atoms with Gasteiger partial charge in [0.1, 0.15) is 6.04 Å². The van der Waals surface area contributed by atoms with Gasteiger partial charge in [-0.15, -0.1) is 0 Å². The van der Waals surface area contributed by atoms with E-state index in [9.17, 15) is 28.8 Å². The Morgan fingerprint density at radius 2 is 1.25 bits per heavy atom. The first-order valence-electron chi connectivity index (χ1n) is 20.7. The zero-order valence-corrected chi connectivity index (χ0v) is 34.6. The molecule has 5 rings (SSSR count). The summed E-state index contributed by atoms with van der Waals surface area (Å²) in [6.45, 7) is 8.36. The number of benzene rings is 3. The molecular weight excluding hydrogens is 751 g/mol. The maximum absolute atomic E-state index is 14.1. The summed E-state index contributed by atoms with van der Waals surface area (Å²) < 4.78 is 0. The SMILES string of the molecule is CCN(CCC(=O)N1CCCC1)C(=O)Nc1ccc(NC(=O)N(CC)CCC2CCC(C(=O)NC(c3ccccc3)c3ccccc3)N2C(=O)NC(=O)C(C)NC)cc1. The van der Waals surface area contributed by atoms with Crippen LogP contribution in [0, 0.1) is 0 Å². The molecule has 2 aliphatic rings. The number of nitrogens with zero attached hydrogens (tertiary/aromatic N) is 4. The van der Waals surface area contributed by atoms with E-state index in [4.69, 9.17) is 0 Å². The van der Waals surface area contributed by atoms with Crippen LogP contribution in [0.4, 0.5) is 25.8 Å². The van der Waals surface area contributed by atoms with Crippen molar-refractivity contribution in [2.75, 3.05) is 56.9 Å². The fraction of sp³-hybridized carbons (Fsp3) is 0.455. The quantitative estimate of drug-likeness (QED) is 0.129. The number of hydrogen-bond donors (Lipinski definition) is 5. The average molecular weight is 810 g/mol. The predicted octanol–water partition coefficient (Wildman–Crippen LogP) is 5.38. The van der Waals surface area contributed by atoms with E-state index in [1.807, 2.05) is 79.4 Å². The van der Waals surface area contributed by atoms with Gasteiger partial charge < -0.3 is 40.9 Å². The second-order valence-electron chi connectivity index (χ2n) is 14.9. The first-order valence-corrected chi connectivity index (χ1v) is 20.7. The summed E-state index contributed by atoms with van der Waals surface area (Å²) in [7, 11) is 1.62. The molecule has 0 spiro atoms. The first kappa shape index (κ1) is 44.1. The smallest absolute Gasteiger partial charge is 0.325 e. The maximum Gasteiger partial charge on any atom is 0.325 e. The maximum atomic E-state index is 14.1. The number of anilines is 2. The van der Waals surface area contributed by atoms with Crippen LogP contribution in [0.25, 0.3) is 0 Å². The van der Waals surface area contributed by atoms with Crippen molar-refractivity contribution >= 4 is 47.2 Å². The van der Waals surface area contributed by atoms with Crippen molar-refractivity contribution in [1.82, 2.24) is 35.6 Å². The standard InChI is InChI=1S/C44H59N9O6/c1-5-50(42(57)46-34-19-21-35(22-20-34)47-43(58)51(6-2)30-26-38(54)52-27-13-14-28-52)29-25-36-23-24-37(53(36)44(59)49-40(55)31(3)45-4)41(56)48-39(32-15-9-7-10-16-32)33-17-11-8-12-18-33/h7-12,15-22,31,36-37,39,45H,5-6,13-14,23-30H2,1-4H3,(H,46,57)(H,47,58)(H,48,56)(H,49,55,59). The van der Waals surface area contributed by atoms with Crippen molar-refractivity contribution in [3.8, 4) is 0 Å². The summed E-state index contributed by atoms with van der Waals surface area (Å²) in [5.41, 5.74) is 2.85. The Hall–Kier alpha value is -5.96. The van der Waals surface area contributed by atoms with Crippen LogP contribution in [0.2, 0.25) is 0 Å². The number of imide groups is 1. The molecule has 3 aromatic rings. The number of likely N-dealkylation sites (N-methyl/N-ethyl adjacent to an activating group) is 1. The van der Waals surface area contributed by atoms with Crippen LogP contribution in [-0.4, -0.2) is 120 Å². The lowest BCUT2D eigenvalue weighted by Gasteiger charge is -2.32. The van der Waals surface area contributed by atoms with Gasteiger partial charge in [-0.05, 0) is 95.3 Å². The van der Waals surface area contributed by atoms with E-state index >= 15 is 0 Å². The van der Waals surface area contributed by atoms with Crippen LogP contribution < -0.4 is 26.6 Å². The number of likely N-dealkylation sites (tertiary alicyclic amines) is 2. The number of hydrogen-bond acceptors (Lipinski definition) is 7. The summed E-state index contributed by atoms with van der Waals surface area (Å²) in [6, 6.07) is 22.3. The molecule has 3 aromatic carbocycles. The third-order valence-corrected chi connectivity index (χ3v) is 11.2. The van der Waals surface area contributed by atoms with E-state index in [0.717, 1.165) is 37.1 Å². The van der Waals surface area contributed by atoms with Crippen LogP contribution in [0.1, 0.15) is 76.5 Å². The zero-order chi connectivity index (χ0) is 42.3. The van der Waals surface area contributed by atoms with E-state index in [-0.39, 0.29) is 36.8 Å². The Labute approximate surface area is 347 Å². The second kappa shape index (κ2) is 21.7. The van der Waals surface area contributed by atoms with E-state index in [2.05, 4.69) is 26.6 Å². The van der Waals surface area contributed by atoms with Gasteiger partial charge in [0.05, 0.1) is 12.1 Å². The number of carbonyl (C=O) groups is 6. The third-order valence-electron chi connectivity index (χ3n) is 11.2. The molecule has 0 saturated carbocycles. The van der Waals surface area contributed by atoms with E-state index in [1.54, 1.807) is 48.0 Å². The Kier molecular flexibility index (Phi) is 16.2. The van der Waals surface area contributed by atoms with Crippen molar-refractivity contribution in [2.24, 2.45) is 0 Å². The van der Waals surface area contributed by atoms with Gasteiger partial charge in [0.25, 0.3) is 0 Å². The highest BCUT2D eigenvalue weighted by molar-refractivity contribution is 5.99. The van der Waals surface area contributed by atoms with Gasteiger partial charge in [-0.3, -0.25) is 19.7 Å². The van der Waals surface area contributed by atoms with Crippen molar-refractivity contribution in [2.45, 2.75) is 83.5 Å². The van der Waals surface area contributed by atoms with Crippen molar-refractivity contribution in [1.29, 1.82) is 0 Å². The number of urea groups is 3. The fourth-order valence-corrected chi connectivity index (χ4v) is 7.54. The second-order valence-corrected chi connectivity index (χ2v) is 14.9. The van der Waals surface area contributed by atoms with Gasteiger partial charge >= 0.3 is 18.1 Å². The third kappa shape index (κ3) is 12.0. The summed E-state index contributed by atoms with van der Waals surface area (Å²) in [4.78, 5) is 86.3. The van der Waals surface area contributed by atoms with E-state index in [1.165, 1.54) is 4.90 Å². The van der Waals surface area contributed by atoms with Crippen LogP contribution in [0.3, 0.4) is 0 Å². The van der Waals surface area contributed by atoms with Crippen molar-refractivity contribution in [3.05, 3.63) is 96.1 Å². The molecule has 15 nitrogen and oxygen atoms in total. The molecule has 2 saturated heterocycles. The Balaban J connectivity index is 1.20. The highest BCUT2D eigenvalue weighted by Gasteiger charge is 2.42. The van der Waals surface area contributed by atoms with Crippen LogP contribution in [0.15, 0.2) is 84.9 Å². The van der Waals surface area contributed by atoms with Crippen LogP contribution in [0.5, 0.6) is 0 Å². The highest BCUT2D eigenvalue weighted by atomic mass is 16.2. The molecule has 2 aliphatic heterocycles. The van der Waals surface area contributed by atoms with Gasteiger partial charge in [0, 0.05) is 63.1 Å². The Morgan fingerprint density at radius 1 is 0.729 bits per heavy atom. The molecule has 2 fully saturated rings. The summed E-state index contributed by atoms with van der Waals surface area (Å²) in [5.74, 6) is -0.786. The number of nitrogens with one attached hydrogen (secondary N) is 5. The van der Waals surface area contributed by atoms with Gasteiger partial charge in [-0.1, -0.05) is 60.7 Å². The summed E-state index contributed by atoms with van der Waals surface area (Å²) in [5, 5.41) is 14.3. The Morgan fingerprint density at radius 3 is 1.76 bits per heavy atom. The molecule has 5 N–H and O–H groups in total. The van der Waals surface area contributed by atoms with Gasteiger partial charge in [-0.2, -0.15) is 0 Å². The molecule has 3 atom stereocenters. The van der Waals surface area contributed by atoms with E-state index < -0.39 is 36.1 Å². The first-order chi connectivity index (χ1) is 28.5. The van der Waals surface area contributed by atoms with Gasteiger partial charge in [0.15, 0.2) is 0 Å². The van der Waals surface area contributed by atoms with Gasteiger partial charge in [0.2, 0.25) is 17.7 Å². The molecule has 316 valence electrons. The minimum atomic E-state index is -0.850. The minimum absolute atomic E-state index is 0.0655. The molecule has 0 radical (unpaired) electrons. The molecule has 2 heterocycles. The van der Waals surface area contributed by atoms with Crippen molar-refractivity contribution < 1.29 is 28.8 Å². The summed E-state index contributed by atoms with van der Waals surface area (Å²) >= 11 is 0. The molecular formula is C44H59N9O6. The van der Waals surface area contributed by atoms with E-state index in [0.29, 0.717) is 50.3 Å². The monoisotopic (exact) mass is 809 g/mol. The predicted molar refractivity (Wildman–Crippen MR) is 228 cm³/mol. The molecule has 59 heavy (non-hydrogen) atoms. The Bertz CT molecular complexity index is 1830. The number of rotatable bonds is 16. The molecule has 15 heteroatoms. The van der Waals surface area contributed by atoms with Crippen molar-refractivity contribution in [3.63, 3.8) is 0 Å².